The first-order valence-electron chi connectivity index (χ1n) is 3.97. The van der Waals surface area contributed by atoms with Crippen molar-refractivity contribution in [2.45, 2.75) is 25.4 Å². The summed E-state index contributed by atoms with van der Waals surface area (Å²) in [6, 6.07) is -0.107. The number of hydrogen-bond acceptors (Lipinski definition) is 3. The molecule has 1 fully saturated rings. The molecule has 1 aliphatic heterocycles. The van der Waals surface area contributed by atoms with Gasteiger partial charge in [-0.3, -0.25) is 4.79 Å². The highest BCUT2D eigenvalue weighted by atomic mass is 16.2. The molecule has 0 saturated carbocycles. The van der Waals surface area contributed by atoms with Gasteiger partial charge in [0, 0.05) is 12.6 Å². The van der Waals surface area contributed by atoms with Gasteiger partial charge in [0.1, 0.15) is 0 Å². The van der Waals surface area contributed by atoms with Gasteiger partial charge in [-0.2, -0.15) is 0 Å². The molecule has 64 valence electrons. The van der Waals surface area contributed by atoms with Crippen molar-refractivity contribution < 1.29 is 4.79 Å². The van der Waals surface area contributed by atoms with Crippen molar-refractivity contribution in [2.75, 3.05) is 13.1 Å². The van der Waals surface area contributed by atoms with Gasteiger partial charge in [-0.05, 0) is 19.9 Å². The van der Waals surface area contributed by atoms with E-state index >= 15 is 0 Å². The molecule has 1 amide bonds. The summed E-state index contributed by atoms with van der Waals surface area (Å²) in [5, 5.41) is 6.01. The fourth-order valence-corrected chi connectivity index (χ4v) is 1.11. The molecule has 0 spiro atoms. The molecule has 1 rings (SSSR count). The zero-order valence-electron chi connectivity index (χ0n) is 6.76. The molecule has 0 radical (unpaired) electrons. The van der Waals surface area contributed by atoms with E-state index in [9.17, 15) is 4.79 Å². The molecule has 1 saturated heterocycles. The van der Waals surface area contributed by atoms with Crippen LogP contribution >= 0.6 is 0 Å². The Morgan fingerprint density at radius 1 is 1.82 bits per heavy atom. The summed E-state index contributed by atoms with van der Waals surface area (Å²) < 4.78 is 0. The molecule has 0 aromatic heterocycles. The smallest absolute Gasteiger partial charge is 0.236 e. The molecule has 4 nitrogen and oxygen atoms in total. The number of carbonyl (C=O) groups is 1. The third-order valence-corrected chi connectivity index (χ3v) is 1.82. The minimum Gasteiger partial charge on any atom is -0.351 e. The van der Waals surface area contributed by atoms with Crippen molar-refractivity contribution in [1.29, 1.82) is 0 Å². The van der Waals surface area contributed by atoms with E-state index in [-0.39, 0.29) is 11.9 Å². The molecule has 1 heterocycles. The van der Waals surface area contributed by atoms with Crippen molar-refractivity contribution in [3.05, 3.63) is 0 Å². The van der Waals surface area contributed by atoms with Crippen LogP contribution in [0.25, 0.3) is 0 Å². The standard InChI is InChI=1S/C7H15N3O/c1-5(8)7(11)10-6-2-3-9-4-6/h5-6,9H,2-4,8H2,1H3,(H,10,11)/t5-,6?/m0/s1. The number of amides is 1. The normalized spacial score (nSPS) is 26.5. The lowest BCUT2D eigenvalue weighted by Crippen LogP contribution is -2.44. The second-order valence-corrected chi connectivity index (χ2v) is 2.99. The van der Waals surface area contributed by atoms with Gasteiger partial charge in [0.25, 0.3) is 0 Å². The lowest BCUT2D eigenvalue weighted by Gasteiger charge is -2.12. The van der Waals surface area contributed by atoms with Crippen LogP contribution in [0, 0.1) is 0 Å². The maximum atomic E-state index is 11.0. The molecule has 1 aliphatic rings. The van der Waals surface area contributed by atoms with Crippen molar-refractivity contribution >= 4 is 5.91 Å². The van der Waals surface area contributed by atoms with Crippen molar-refractivity contribution in [2.24, 2.45) is 5.73 Å². The van der Waals surface area contributed by atoms with E-state index in [0.29, 0.717) is 0 Å². The van der Waals surface area contributed by atoms with E-state index in [1.54, 1.807) is 6.92 Å². The minimum absolute atomic E-state index is 0.0568. The van der Waals surface area contributed by atoms with Crippen molar-refractivity contribution in [3.8, 4) is 0 Å². The maximum Gasteiger partial charge on any atom is 0.236 e. The van der Waals surface area contributed by atoms with Gasteiger partial charge in [0.15, 0.2) is 0 Å². The Hall–Kier alpha value is -0.610. The monoisotopic (exact) mass is 157 g/mol. The Morgan fingerprint density at radius 2 is 2.55 bits per heavy atom. The van der Waals surface area contributed by atoms with Crippen LogP contribution in [-0.2, 0) is 4.79 Å². The van der Waals surface area contributed by atoms with Gasteiger partial charge in [-0.1, -0.05) is 0 Å². The topological polar surface area (TPSA) is 67.2 Å². The Kier molecular flexibility index (Phi) is 2.84. The number of nitrogens with one attached hydrogen (secondary N) is 2. The number of nitrogens with two attached hydrogens (primary N) is 1. The summed E-state index contributed by atoms with van der Waals surface area (Å²) in [5.41, 5.74) is 5.38. The Morgan fingerprint density at radius 3 is 3.00 bits per heavy atom. The molecule has 0 aliphatic carbocycles. The van der Waals surface area contributed by atoms with Crippen LogP contribution in [0.2, 0.25) is 0 Å². The second kappa shape index (κ2) is 3.69. The fraction of sp³-hybridized carbons (Fsp3) is 0.857. The number of rotatable bonds is 2. The summed E-state index contributed by atoms with van der Waals surface area (Å²) in [7, 11) is 0. The molecule has 4 N–H and O–H groups in total. The van der Waals surface area contributed by atoms with E-state index in [1.807, 2.05) is 0 Å². The average molecular weight is 157 g/mol. The average Bonchev–Trinajstić information content (AvgIpc) is 2.39. The summed E-state index contributed by atoms with van der Waals surface area (Å²) in [6.45, 7) is 3.56. The largest absolute Gasteiger partial charge is 0.351 e. The molecular weight excluding hydrogens is 142 g/mol. The molecule has 1 unspecified atom stereocenters. The van der Waals surface area contributed by atoms with Gasteiger partial charge < -0.3 is 16.4 Å². The first-order valence-corrected chi connectivity index (χ1v) is 3.97. The SMILES string of the molecule is C[C@H](N)C(=O)NC1CCNC1. The van der Waals surface area contributed by atoms with Crippen LogP contribution in [0.15, 0.2) is 0 Å². The quantitative estimate of drug-likeness (QED) is 0.472. The van der Waals surface area contributed by atoms with Crippen LogP contribution in [-0.4, -0.2) is 31.1 Å². The first kappa shape index (κ1) is 8.49. The Labute approximate surface area is 66.5 Å². The van der Waals surface area contributed by atoms with Crippen LogP contribution in [0.1, 0.15) is 13.3 Å². The molecule has 0 aromatic carbocycles. The van der Waals surface area contributed by atoms with Crippen molar-refractivity contribution in [3.63, 3.8) is 0 Å². The van der Waals surface area contributed by atoms with Crippen LogP contribution in [0.3, 0.4) is 0 Å². The van der Waals surface area contributed by atoms with Crippen LogP contribution in [0.4, 0.5) is 0 Å². The second-order valence-electron chi connectivity index (χ2n) is 2.99. The molecule has 4 heteroatoms. The number of carbonyl (C=O) groups excluding carboxylic acids is 1. The Bertz CT molecular complexity index is 141. The molecule has 0 bridgehead atoms. The highest BCUT2D eigenvalue weighted by Gasteiger charge is 2.17. The van der Waals surface area contributed by atoms with E-state index in [1.165, 1.54) is 0 Å². The van der Waals surface area contributed by atoms with Crippen LogP contribution < -0.4 is 16.4 Å². The van der Waals surface area contributed by atoms with Gasteiger partial charge >= 0.3 is 0 Å². The van der Waals surface area contributed by atoms with Crippen molar-refractivity contribution in [1.82, 2.24) is 10.6 Å². The summed E-state index contributed by atoms with van der Waals surface area (Å²) in [5.74, 6) is -0.0568. The third kappa shape index (κ3) is 2.48. The molecule has 2 atom stereocenters. The summed E-state index contributed by atoms with van der Waals surface area (Å²) in [6.07, 6.45) is 1.01. The first-order chi connectivity index (χ1) is 5.20. The fourth-order valence-electron chi connectivity index (χ4n) is 1.11. The van der Waals surface area contributed by atoms with E-state index in [2.05, 4.69) is 10.6 Å². The molecule has 11 heavy (non-hydrogen) atoms. The zero-order chi connectivity index (χ0) is 8.27. The van der Waals surface area contributed by atoms with E-state index in [4.69, 9.17) is 5.73 Å². The predicted octanol–water partition coefficient (Wildman–Crippen LogP) is -1.19. The highest BCUT2D eigenvalue weighted by molar-refractivity contribution is 5.81. The maximum absolute atomic E-state index is 11.0. The zero-order valence-corrected chi connectivity index (χ0v) is 6.76. The molecular formula is C7H15N3O. The lowest BCUT2D eigenvalue weighted by molar-refractivity contribution is -0.122. The van der Waals surface area contributed by atoms with Crippen LogP contribution in [0.5, 0.6) is 0 Å². The third-order valence-electron chi connectivity index (χ3n) is 1.82. The molecule has 0 aromatic rings. The predicted molar refractivity (Wildman–Crippen MR) is 43.1 cm³/mol. The van der Waals surface area contributed by atoms with Gasteiger partial charge in [0.05, 0.1) is 6.04 Å². The van der Waals surface area contributed by atoms with Gasteiger partial charge in [-0.25, -0.2) is 0 Å². The summed E-state index contributed by atoms with van der Waals surface area (Å²) in [4.78, 5) is 11.0. The van der Waals surface area contributed by atoms with E-state index in [0.717, 1.165) is 19.5 Å². The highest BCUT2D eigenvalue weighted by Crippen LogP contribution is 1.96. The van der Waals surface area contributed by atoms with Gasteiger partial charge in [0.2, 0.25) is 5.91 Å². The van der Waals surface area contributed by atoms with E-state index < -0.39 is 6.04 Å². The lowest BCUT2D eigenvalue weighted by atomic mass is 10.2. The summed E-state index contributed by atoms with van der Waals surface area (Å²) >= 11 is 0. The van der Waals surface area contributed by atoms with Gasteiger partial charge in [-0.15, -0.1) is 0 Å². The Balaban J connectivity index is 2.24. The number of hydrogen-bond donors (Lipinski definition) is 3. The minimum atomic E-state index is -0.393.